The molecule has 1 aromatic rings. The highest BCUT2D eigenvalue weighted by Crippen LogP contribution is 2.24. The summed E-state index contributed by atoms with van der Waals surface area (Å²) in [5.41, 5.74) is 0.845. The summed E-state index contributed by atoms with van der Waals surface area (Å²) >= 11 is 5.93. The minimum atomic E-state index is -3.43. The Morgan fingerprint density at radius 3 is 2.52 bits per heavy atom. The van der Waals surface area contributed by atoms with E-state index in [4.69, 9.17) is 11.6 Å². The average Bonchev–Trinajstić information content (AvgIpc) is 2.76. The number of alkyl halides is 1. The lowest BCUT2D eigenvalue weighted by molar-refractivity contribution is 0.347. The topological polar surface area (TPSA) is 45.6 Å². The highest BCUT2D eigenvalue weighted by molar-refractivity contribution is 7.89. The Morgan fingerprint density at radius 1 is 1.24 bits per heavy atom. The minimum Gasteiger partial charge on any atom is -0.346 e. The van der Waals surface area contributed by atoms with Gasteiger partial charge in [-0.2, -0.15) is 4.31 Å². The van der Waals surface area contributed by atoms with Gasteiger partial charge in [0, 0.05) is 37.6 Å². The first-order chi connectivity index (χ1) is 9.86. The second-order valence-electron chi connectivity index (χ2n) is 5.86. The summed E-state index contributed by atoms with van der Waals surface area (Å²) in [6, 6.07) is 1.90. The van der Waals surface area contributed by atoms with Crippen LogP contribution in [-0.2, 0) is 15.9 Å². The van der Waals surface area contributed by atoms with Crippen LogP contribution >= 0.6 is 11.6 Å². The Morgan fingerprint density at radius 2 is 1.95 bits per heavy atom. The third-order valence-electron chi connectivity index (χ3n) is 3.92. The molecule has 0 bridgehead atoms. The van der Waals surface area contributed by atoms with Crippen LogP contribution in [0.4, 0.5) is 0 Å². The molecule has 1 fully saturated rings. The Labute approximate surface area is 132 Å². The highest BCUT2D eigenvalue weighted by atomic mass is 35.5. The van der Waals surface area contributed by atoms with Gasteiger partial charge >= 0.3 is 0 Å². The Bertz CT molecular complexity index is 583. The molecule has 0 saturated carbocycles. The van der Waals surface area contributed by atoms with Crippen molar-refractivity contribution in [1.82, 2.24) is 13.8 Å². The van der Waals surface area contributed by atoms with E-state index in [9.17, 15) is 8.42 Å². The summed E-state index contributed by atoms with van der Waals surface area (Å²) in [6.45, 7) is 6.87. The van der Waals surface area contributed by atoms with Crippen molar-refractivity contribution in [3.05, 3.63) is 18.0 Å². The second kappa shape index (κ2) is 6.69. The molecule has 0 aromatic carbocycles. The van der Waals surface area contributed by atoms with E-state index in [1.165, 1.54) is 0 Å². The van der Waals surface area contributed by atoms with Gasteiger partial charge in [-0.05, 0) is 39.9 Å². The number of hydrogen-bond donors (Lipinski definition) is 0. The summed E-state index contributed by atoms with van der Waals surface area (Å²) in [7, 11) is -1.40. The molecule has 0 amide bonds. The molecule has 0 atom stereocenters. The zero-order valence-corrected chi connectivity index (χ0v) is 14.5. The van der Waals surface area contributed by atoms with Crippen LogP contribution in [-0.4, -0.2) is 55.4 Å². The van der Waals surface area contributed by atoms with E-state index >= 15 is 0 Å². The van der Waals surface area contributed by atoms with Crippen LogP contribution in [0.5, 0.6) is 0 Å². The molecule has 0 unspecified atom stereocenters. The van der Waals surface area contributed by atoms with Gasteiger partial charge in [0.05, 0.1) is 5.88 Å². The lowest BCUT2D eigenvalue weighted by Crippen LogP contribution is -2.34. The Kier molecular flexibility index (Phi) is 5.35. The maximum atomic E-state index is 12.8. The van der Waals surface area contributed by atoms with Crippen LogP contribution in [0.15, 0.2) is 17.2 Å². The zero-order chi connectivity index (χ0) is 15.6. The van der Waals surface area contributed by atoms with E-state index in [0.29, 0.717) is 23.9 Å². The predicted molar refractivity (Wildman–Crippen MR) is 85.2 cm³/mol. The first-order valence-corrected chi connectivity index (χ1v) is 9.29. The fourth-order valence-corrected chi connectivity index (χ4v) is 4.37. The number of sulfonamides is 1. The molecule has 0 spiro atoms. The molecule has 120 valence electrons. The first-order valence-electron chi connectivity index (χ1n) is 7.31. The molecule has 1 saturated heterocycles. The van der Waals surface area contributed by atoms with Crippen molar-refractivity contribution in [3.63, 3.8) is 0 Å². The molecule has 5 nitrogen and oxygen atoms in total. The summed E-state index contributed by atoms with van der Waals surface area (Å²) in [5.74, 6) is 0.316. The summed E-state index contributed by atoms with van der Waals surface area (Å²) in [4.78, 5) is 2.52. The molecule has 1 aliphatic heterocycles. The molecule has 0 radical (unpaired) electrons. The normalized spacial score (nSPS) is 19.1. The summed E-state index contributed by atoms with van der Waals surface area (Å²) < 4.78 is 29.1. The SMILES string of the molecule is CC(C)n1cc(S(=O)(=O)N2CCCN(C)CC2)cc1CCl. The first kappa shape index (κ1) is 16.8. The number of nitrogens with zero attached hydrogens (tertiary/aromatic N) is 3. The van der Waals surface area contributed by atoms with Crippen LogP contribution in [0.25, 0.3) is 0 Å². The van der Waals surface area contributed by atoms with Gasteiger partial charge in [0.2, 0.25) is 10.0 Å². The van der Waals surface area contributed by atoms with Crippen molar-refractivity contribution in [2.75, 3.05) is 33.2 Å². The van der Waals surface area contributed by atoms with Gasteiger partial charge < -0.3 is 9.47 Å². The van der Waals surface area contributed by atoms with Gasteiger partial charge in [0.1, 0.15) is 4.90 Å². The van der Waals surface area contributed by atoms with Gasteiger partial charge in [-0.25, -0.2) is 8.42 Å². The fraction of sp³-hybridized carbons (Fsp3) is 0.714. The van der Waals surface area contributed by atoms with Gasteiger partial charge in [-0.1, -0.05) is 0 Å². The molecule has 0 aliphatic carbocycles. The molecule has 0 N–H and O–H groups in total. The van der Waals surface area contributed by atoms with Gasteiger partial charge in [0.25, 0.3) is 0 Å². The van der Waals surface area contributed by atoms with Crippen LogP contribution < -0.4 is 0 Å². The van der Waals surface area contributed by atoms with E-state index in [1.54, 1.807) is 16.6 Å². The van der Waals surface area contributed by atoms with Crippen LogP contribution in [0.2, 0.25) is 0 Å². The lowest BCUT2D eigenvalue weighted by atomic mass is 10.4. The van der Waals surface area contributed by atoms with Crippen LogP contribution in [0.3, 0.4) is 0 Å². The third-order valence-corrected chi connectivity index (χ3v) is 6.05. The zero-order valence-electron chi connectivity index (χ0n) is 12.9. The predicted octanol–water partition coefficient (Wildman–Crippen LogP) is 2.13. The third kappa shape index (κ3) is 3.62. The molecular weight excluding hydrogens is 310 g/mol. The number of likely N-dealkylation sites (N-methyl/N-ethyl adjacent to an activating group) is 1. The Balaban J connectivity index is 2.30. The van der Waals surface area contributed by atoms with Crippen molar-refractivity contribution in [2.24, 2.45) is 0 Å². The molecule has 1 aromatic heterocycles. The highest BCUT2D eigenvalue weighted by Gasteiger charge is 2.28. The maximum absolute atomic E-state index is 12.8. The minimum absolute atomic E-state index is 0.193. The van der Waals surface area contributed by atoms with E-state index in [0.717, 1.165) is 25.2 Å². The van der Waals surface area contributed by atoms with Gasteiger partial charge in [-0.15, -0.1) is 11.6 Å². The largest absolute Gasteiger partial charge is 0.346 e. The van der Waals surface area contributed by atoms with E-state index < -0.39 is 10.0 Å². The number of hydrogen-bond acceptors (Lipinski definition) is 3. The monoisotopic (exact) mass is 333 g/mol. The fourth-order valence-electron chi connectivity index (χ4n) is 2.64. The van der Waals surface area contributed by atoms with Crippen molar-refractivity contribution < 1.29 is 8.42 Å². The van der Waals surface area contributed by atoms with E-state index in [1.807, 2.05) is 25.5 Å². The van der Waals surface area contributed by atoms with Gasteiger partial charge in [-0.3, -0.25) is 0 Å². The number of aromatic nitrogens is 1. The quantitative estimate of drug-likeness (QED) is 0.793. The van der Waals surface area contributed by atoms with Crippen molar-refractivity contribution in [1.29, 1.82) is 0 Å². The molecule has 2 rings (SSSR count). The molecule has 7 heteroatoms. The lowest BCUT2D eigenvalue weighted by Gasteiger charge is -2.19. The summed E-state index contributed by atoms with van der Waals surface area (Å²) in [6.07, 6.45) is 2.58. The molecule has 2 heterocycles. The Hall–Kier alpha value is -0.560. The van der Waals surface area contributed by atoms with Crippen LogP contribution in [0.1, 0.15) is 32.0 Å². The second-order valence-corrected chi connectivity index (χ2v) is 8.07. The molecule has 21 heavy (non-hydrogen) atoms. The van der Waals surface area contributed by atoms with Crippen molar-refractivity contribution in [2.45, 2.75) is 37.1 Å². The molecule has 1 aliphatic rings. The standard InChI is InChI=1S/C14H24ClN3O2S/c1-12(2)18-11-14(9-13(18)10-15)21(19,20)17-6-4-5-16(3)7-8-17/h9,11-12H,4-8,10H2,1-3H3. The van der Waals surface area contributed by atoms with Crippen LogP contribution in [0, 0.1) is 0 Å². The van der Waals surface area contributed by atoms with E-state index in [-0.39, 0.29) is 6.04 Å². The summed E-state index contributed by atoms with van der Waals surface area (Å²) in [5, 5.41) is 0. The van der Waals surface area contributed by atoms with Crippen molar-refractivity contribution in [3.8, 4) is 0 Å². The van der Waals surface area contributed by atoms with Crippen molar-refractivity contribution >= 4 is 21.6 Å². The number of halogens is 1. The maximum Gasteiger partial charge on any atom is 0.244 e. The molecular formula is C14H24ClN3O2S. The van der Waals surface area contributed by atoms with Gasteiger partial charge in [0.15, 0.2) is 0 Å². The number of rotatable bonds is 4. The smallest absolute Gasteiger partial charge is 0.244 e. The van der Waals surface area contributed by atoms with E-state index in [2.05, 4.69) is 4.90 Å². The average molecular weight is 334 g/mol.